The Morgan fingerprint density at radius 2 is 1.22 bits per heavy atom. The molecule has 10 rings (SSSR count). The number of benzene rings is 6. The molecular formula is C44H27N5. The Labute approximate surface area is 281 Å². The molecular weight excluding hydrogens is 599 g/mol. The Bertz CT molecular complexity index is 2870. The lowest BCUT2D eigenvalue weighted by Gasteiger charge is -2.12. The number of hydrogen-bond acceptors (Lipinski definition) is 4. The fraction of sp³-hybridized carbons (Fsp3) is 0. The first-order valence-corrected chi connectivity index (χ1v) is 16.4. The summed E-state index contributed by atoms with van der Waals surface area (Å²) in [4.78, 5) is 20.2. The fourth-order valence-corrected chi connectivity index (χ4v) is 7.22. The smallest absolute Gasteiger partial charge is 0.235 e. The van der Waals surface area contributed by atoms with Crippen molar-refractivity contribution in [1.29, 1.82) is 0 Å². The van der Waals surface area contributed by atoms with Crippen LogP contribution in [0.2, 0.25) is 0 Å². The zero-order valence-corrected chi connectivity index (χ0v) is 26.3. The van der Waals surface area contributed by atoms with E-state index < -0.39 is 0 Å². The van der Waals surface area contributed by atoms with Crippen molar-refractivity contribution >= 4 is 54.4 Å². The molecule has 0 atom stereocenters. The van der Waals surface area contributed by atoms with Gasteiger partial charge in [-0.05, 0) is 58.3 Å². The molecule has 0 bridgehead atoms. The van der Waals surface area contributed by atoms with E-state index in [4.69, 9.17) is 15.0 Å². The normalized spacial score (nSPS) is 11.7. The third-order valence-corrected chi connectivity index (χ3v) is 9.48. The molecule has 0 amide bonds. The van der Waals surface area contributed by atoms with Gasteiger partial charge < -0.3 is 0 Å². The average molecular weight is 626 g/mol. The summed E-state index contributed by atoms with van der Waals surface area (Å²) in [6.07, 6.45) is 3.76. The van der Waals surface area contributed by atoms with Gasteiger partial charge >= 0.3 is 0 Å². The standard InChI is InChI=1S/C44H27N5/c1-2-11-28(12-3-1)33-18-9-21-39-41(33)36-25-30-13-4-5-14-31(30)26-40(36)49(39)44-47-37-20-7-6-17-35(37)43(48-44)38-23-22-32(27-46-38)34-19-8-15-29-16-10-24-45-42(29)34/h1-27H. The number of hydrogen-bond donors (Lipinski definition) is 0. The summed E-state index contributed by atoms with van der Waals surface area (Å²) in [5.74, 6) is 0.610. The van der Waals surface area contributed by atoms with Gasteiger partial charge in [-0.15, -0.1) is 0 Å². The van der Waals surface area contributed by atoms with Crippen molar-refractivity contribution < 1.29 is 0 Å². The minimum atomic E-state index is 0.610. The number of aromatic nitrogens is 5. The summed E-state index contributed by atoms with van der Waals surface area (Å²) in [5, 5.41) is 6.76. The van der Waals surface area contributed by atoms with E-state index in [0.29, 0.717) is 5.95 Å². The van der Waals surface area contributed by atoms with Gasteiger partial charge in [-0.25, -0.2) is 9.97 Å². The van der Waals surface area contributed by atoms with Crippen molar-refractivity contribution in [2.45, 2.75) is 0 Å². The largest absolute Gasteiger partial charge is 0.278 e. The van der Waals surface area contributed by atoms with Gasteiger partial charge in [-0.3, -0.25) is 14.5 Å². The maximum Gasteiger partial charge on any atom is 0.235 e. The van der Waals surface area contributed by atoms with E-state index in [-0.39, 0.29) is 0 Å². The number of nitrogens with zero attached hydrogens (tertiary/aromatic N) is 5. The van der Waals surface area contributed by atoms with Gasteiger partial charge in [0.2, 0.25) is 5.95 Å². The Morgan fingerprint density at radius 3 is 2.10 bits per heavy atom. The van der Waals surface area contributed by atoms with Crippen LogP contribution >= 0.6 is 0 Å². The fourth-order valence-electron chi connectivity index (χ4n) is 7.22. The van der Waals surface area contributed by atoms with Crippen molar-refractivity contribution in [2.24, 2.45) is 0 Å². The van der Waals surface area contributed by atoms with Crippen LogP contribution in [0, 0.1) is 0 Å². The highest BCUT2D eigenvalue weighted by atomic mass is 15.2. The molecule has 5 nitrogen and oxygen atoms in total. The number of rotatable bonds is 4. The van der Waals surface area contributed by atoms with Gasteiger partial charge in [0, 0.05) is 45.1 Å². The molecule has 6 aromatic carbocycles. The predicted molar refractivity (Wildman–Crippen MR) is 201 cm³/mol. The van der Waals surface area contributed by atoms with Crippen molar-refractivity contribution in [3.8, 4) is 39.6 Å². The number of para-hydroxylation sites is 2. The van der Waals surface area contributed by atoms with E-state index in [2.05, 4.69) is 143 Å². The van der Waals surface area contributed by atoms with Crippen LogP contribution < -0.4 is 0 Å². The quantitative estimate of drug-likeness (QED) is 0.195. The molecule has 0 radical (unpaired) electrons. The molecule has 4 heterocycles. The molecule has 10 aromatic rings. The Hall–Kier alpha value is -6.72. The molecule has 0 aliphatic heterocycles. The van der Waals surface area contributed by atoms with Crippen LogP contribution in [0.4, 0.5) is 0 Å². The van der Waals surface area contributed by atoms with Crippen molar-refractivity contribution in [2.75, 3.05) is 0 Å². The van der Waals surface area contributed by atoms with Crippen LogP contribution in [0.5, 0.6) is 0 Å². The molecule has 49 heavy (non-hydrogen) atoms. The number of pyridine rings is 2. The molecule has 0 saturated carbocycles. The van der Waals surface area contributed by atoms with E-state index in [1.165, 1.54) is 27.3 Å². The predicted octanol–water partition coefficient (Wildman–Crippen LogP) is 10.8. The minimum Gasteiger partial charge on any atom is -0.278 e. The zero-order valence-electron chi connectivity index (χ0n) is 26.3. The van der Waals surface area contributed by atoms with Gasteiger partial charge in [0.25, 0.3) is 0 Å². The highest BCUT2D eigenvalue weighted by molar-refractivity contribution is 6.18. The van der Waals surface area contributed by atoms with Gasteiger partial charge in [0.1, 0.15) is 5.69 Å². The average Bonchev–Trinajstić information content (AvgIpc) is 3.50. The second-order valence-electron chi connectivity index (χ2n) is 12.3. The lowest BCUT2D eigenvalue weighted by molar-refractivity contribution is 1.01. The van der Waals surface area contributed by atoms with Crippen molar-refractivity contribution in [1.82, 2.24) is 24.5 Å². The first-order chi connectivity index (χ1) is 24.3. The van der Waals surface area contributed by atoms with Crippen LogP contribution in [0.3, 0.4) is 0 Å². The lowest BCUT2D eigenvalue weighted by Crippen LogP contribution is -2.04. The highest BCUT2D eigenvalue weighted by Gasteiger charge is 2.20. The van der Waals surface area contributed by atoms with Crippen molar-refractivity contribution in [3.05, 3.63) is 164 Å². The van der Waals surface area contributed by atoms with Crippen LogP contribution in [0.25, 0.3) is 94.0 Å². The summed E-state index contributed by atoms with van der Waals surface area (Å²) in [6, 6.07) is 52.9. The van der Waals surface area contributed by atoms with Crippen LogP contribution in [-0.4, -0.2) is 24.5 Å². The second kappa shape index (κ2) is 10.9. The third kappa shape index (κ3) is 4.40. The van der Waals surface area contributed by atoms with Crippen molar-refractivity contribution in [3.63, 3.8) is 0 Å². The topological polar surface area (TPSA) is 56.5 Å². The van der Waals surface area contributed by atoms with Crippen LogP contribution in [0.1, 0.15) is 0 Å². The van der Waals surface area contributed by atoms with Crippen LogP contribution in [-0.2, 0) is 0 Å². The van der Waals surface area contributed by atoms with Gasteiger partial charge in [-0.2, -0.15) is 0 Å². The molecule has 0 N–H and O–H groups in total. The van der Waals surface area contributed by atoms with E-state index in [9.17, 15) is 0 Å². The molecule has 4 aromatic heterocycles. The summed E-state index contributed by atoms with van der Waals surface area (Å²) in [6.45, 7) is 0. The molecule has 0 fully saturated rings. The van der Waals surface area contributed by atoms with Crippen LogP contribution in [0.15, 0.2) is 164 Å². The SMILES string of the molecule is c1ccc(-c2cccc3c2c2cc4ccccc4cc2n3-c2nc(-c3ccc(-c4cccc5cccnc45)cn3)c3ccccc3n2)cc1. The summed E-state index contributed by atoms with van der Waals surface area (Å²) < 4.78 is 2.22. The minimum absolute atomic E-state index is 0.610. The number of fused-ring (bicyclic) bond motifs is 6. The van der Waals surface area contributed by atoms with Gasteiger partial charge in [-0.1, -0.05) is 115 Å². The Kier molecular flexibility index (Phi) is 6.11. The molecule has 0 aliphatic carbocycles. The van der Waals surface area contributed by atoms with E-state index in [0.717, 1.165) is 60.7 Å². The molecule has 0 spiro atoms. The molecule has 0 saturated heterocycles. The first kappa shape index (κ1) is 27.4. The van der Waals surface area contributed by atoms with Gasteiger partial charge in [0.05, 0.1) is 27.8 Å². The first-order valence-electron chi connectivity index (χ1n) is 16.4. The summed E-state index contributed by atoms with van der Waals surface area (Å²) >= 11 is 0. The van der Waals surface area contributed by atoms with E-state index in [1.807, 2.05) is 30.6 Å². The zero-order chi connectivity index (χ0) is 32.3. The maximum atomic E-state index is 5.33. The highest BCUT2D eigenvalue weighted by Crippen LogP contribution is 2.40. The Balaban J connectivity index is 1.22. The summed E-state index contributed by atoms with van der Waals surface area (Å²) in [7, 11) is 0. The third-order valence-electron chi connectivity index (χ3n) is 9.48. The maximum absolute atomic E-state index is 5.33. The van der Waals surface area contributed by atoms with Gasteiger partial charge in [0.15, 0.2) is 0 Å². The second-order valence-corrected chi connectivity index (χ2v) is 12.3. The van der Waals surface area contributed by atoms with E-state index >= 15 is 0 Å². The van der Waals surface area contributed by atoms with E-state index in [1.54, 1.807) is 0 Å². The molecule has 0 unspecified atom stereocenters. The lowest BCUT2D eigenvalue weighted by atomic mass is 9.98. The Morgan fingerprint density at radius 1 is 0.469 bits per heavy atom. The molecule has 0 aliphatic rings. The molecule has 228 valence electrons. The monoisotopic (exact) mass is 625 g/mol. The summed E-state index contributed by atoms with van der Waals surface area (Å²) in [5.41, 5.74) is 9.93. The molecule has 5 heteroatoms.